The Labute approximate surface area is 106 Å². The lowest BCUT2D eigenvalue weighted by atomic mass is 9.87. The van der Waals surface area contributed by atoms with Crippen molar-refractivity contribution in [2.45, 2.75) is 26.8 Å². The van der Waals surface area contributed by atoms with E-state index in [1.54, 1.807) is 25.7 Å². The molecule has 1 rings (SSSR count). The molecule has 98 valence electrons. The first-order valence-corrected chi connectivity index (χ1v) is 6.84. The van der Waals surface area contributed by atoms with Crippen molar-refractivity contribution in [3.05, 3.63) is 0 Å². The summed E-state index contributed by atoms with van der Waals surface area (Å²) in [4.78, 5) is 24.7. The Balaban J connectivity index is 2.60. The molecule has 1 atom stereocenters. The van der Waals surface area contributed by atoms with Crippen LogP contribution in [-0.2, 0) is 4.79 Å². The van der Waals surface area contributed by atoms with Crippen LogP contribution in [0.3, 0.4) is 0 Å². The first-order valence-electron chi connectivity index (χ1n) is 5.68. The van der Waals surface area contributed by atoms with Gasteiger partial charge in [0.1, 0.15) is 6.04 Å². The molecule has 6 heteroatoms. The smallest absolute Gasteiger partial charge is 0.326 e. The minimum Gasteiger partial charge on any atom is -0.480 e. The highest BCUT2D eigenvalue weighted by Gasteiger charge is 2.33. The van der Waals surface area contributed by atoms with Crippen LogP contribution in [0, 0.1) is 5.41 Å². The van der Waals surface area contributed by atoms with Crippen molar-refractivity contribution < 1.29 is 14.7 Å². The van der Waals surface area contributed by atoms with Crippen LogP contribution < -0.4 is 5.32 Å². The molecule has 0 aliphatic carbocycles. The van der Waals surface area contributed by atoms with Crippen LogP contribution in [0.5, 0.6) is 0 Å². The predicted molar refractivity (Wildman–Crippen MR) is 68.3 cm³/mol. The number of carbonyl (C=O) groups excluding carboxylic acids is 1. The van der Waals surface area contributed by atoms with Crippen molar-refractivity contribution in [2.24, 2.45) is 5.41 Å². The van der Waals surface area contributed by atoms with E-state index in [1.807, 2.05) is 11.8 Å². The maximum Gasteiger partial charge on any atom is 0.326 e. The van der Waals surface area contributed by atoms with Crippen molar-refractivity contribution >= 4 is 23.8 Å². The molecular formula is C11H20N2O3S. The van der Waals surface area contributed by atoms with Gasteiger partial charge in [0, 0.05) is 24.6 Å². The number of urea groups is 1. The van der Waals surface area contributed by atoms with Crippen molar-refractivity contribution in [1.29, 1.82) is 0 Å². The second-order valence-electron chi connectivity index (χ2n) is 5.19. The highest BCUT2D eigenvalue weighted by Crippen LogP contribution is 2.20. The summed E-state index contributed by atoms with van der Waals surface area (Å²) in [7, 11) is 0. The number of carbonyl (C=O) groups is 2. The zero-order valence-corrected chi connectivity index (χ0v) is 11.3. The number of hydrogen-bond donors (Lipinski definition) is 2. The summed E-state index contributed by atoms with van der Waals surface area (Å²) in [6.07, 6.45) is 0. The van der Waals surface area contributed by atoms with Crippen LogP contribution >= 0.6 is 11.8 Å². The van der Waals surface area contributed by atoms with Gasteiger partial charge >= 0.3 is 12.0 Å². The Morgan fingerprint density at radius 1 is 1.29 bits per heavy atom. The standard InChI is InChI=1S/C11H20N2O3S/c1-11(2,3)8(9(14)15)12-10(16)13-4-6-17-7-5-13/h8H,4-7H2,1-3H3,(H,12,16)(H,14,15)/t8-/m0/s1. The van der Waals surface area contributed by atoms with Crippen LogP contribution in [0.15, 0.2) is 0 Å². The zero-order chi connectivity index (χ0) is 13.1. The number of thioether (sulfide) groups is 1. The molecule has 0 saturated carbocycles. The molecule has 1 fully saturated rings. The second-order valence-corrected chi connectivity index (χ2v) is 6.41. The monoisotopic (exact) mass is 260 g/mol. The molecule has 0 unspecified atom stereocenters. The number of hydrogen-bond acceptors (Lipinski definition) is 3. The second kappa shape index (κ2) is 5.62. The summed E-state index contributed by atoms with van der Waals surface area (Å²) in [6, 6.07) is -1.13. The van der Waals surface area contributed by atoms with Crippen LogP contribution in [0.25, 0.3) is 0 Å². The number of nitrogens with one attached hydrogen (secondary N) is 1. The fourth-order valence-electron chi connectivity index (χ4n) is 1.63. The molecule has 0 aromatic heterocycles. The summed E-state index contributed by atoms with van der Waals surface area (Å²) in [5.41, 5.74) is -0.494. The number of rotatable bonds is 2. The molecule has 0 radical (unpaired) electrons. The van der Waals surface area contributed by atoms with Crippen LogP contribution in [0.1, 0.15) is 20.8 Å². The molecule has 1 heterocycles. The Morgan fingerprint density at radius 2 is 1.82 bits per heavy atom. The minimum atomic E-state index is -0.989. The van der Waals surface area contributed by atoms with Gasteiger partial charge in [-0.15, -0.1) is 0 Å². The van der Waals surface area contributed by atoms with Gasteiger partial charge < -0.3 is 15.3 Å². The first kappa shape index (κ1) is 14.2. The Morgan fingerprint density at radius 3 is 2.24 bits per heavy atom. The molecule has 1 saturated heterocycles. The molecule has 1 aliphatic heterocycles. The Hall–Kier alpha value is -0.910. The van der Waals surface area contributed by atoms with Crippen molar-refractivity contribution in [3.8, 4) is 0 Å². The third-order valence-corrected chi connectivity index (χ3v) is 3.62. The van der Waals surface area contributed by atoms with Gasteiger partial charge in [0.25, 0.3) is 0 Å². The molecular weight excluding hydrogens is 240 g/mol. The molecule has 0 spiro atoms. The normalized spacial score (nSPS) is 18.6. The van der Waals surface area contributed by atoms with Crippen molar-refractivity contribution in [2.75, 3.05) is 24.6 Å². The molecule has 1 aliphatic rings. The fourth-order valence-corrected chi connectivity index (χ4v) is 2.53. The van der Waals surface area contributed by atoms with Crippen LogP contribution in [0.2, 0.25) is 0 Å². The van der Waals surface area contributed by atoms with Crippen molar-refractivity contribution in [3.63, 3.8) is 0 Å². The van der Waals surface area contributed by atoms with Crippen LogP contribution in [0.4, 0.5) is 4.79 Å². The summed E-state index contributed by atoms with van der Waals surface area (Å²) >= 11 is 1.81. The maximum absolute atomic E-state index is 11.9. The van der Waals surface area contributed by atoms with E-state index in [0.717, 1.165) is 11.5 Å². The molecule has 2 amide bonds. The lowest BCUT2D eigenvalue weighted by Crippen LogP contribution is -2.54. The fraction of sp³-hybridized carbons (Fsp3) is 0.818. The number of amides is 2. The van der Waals surface area contributed by atoms with Crippen molar-refractivity contribution in [1.82, 2.24) is 10.2 Å². The summed E-state index contributed by atoms with van der Waals surface area (Å²) in [5.74, 6) is 0.846. The third kappa shape index (κ3) is 4.11. The third-order valence-electron chi connectivity index (χ3n) is 2.68. The Kier molecular flexibility index (Phi) is 4.68. The quantitative estimate of drug-likeness (QED) is 0.784. The average molecular weight is 260 g/mol. The zero-order valence-electron chi connectivity index (χ0n) is 10.5. The highest BCUT2D eigenvalue weighted by molar-refractivity contribution is 7.99. The largest absolute Gasteiger partial charge is 0.480 e. The number of carboxylic acids is 1. The predicted octanol–water partition coefficient (Wildman–Crippen LogP) is 1.24. The molecule has 0 bridgehead atoms. The van der Waals surface area contributed by atoms with Gasteiger partial charge in [-0.3, -0.25) is 0 Å². The SMILES string of the molecule is CC(C)(C)[C@@H](NC(=O)N1CCSCC1)C(=O)O. The van der Waals surface area contributed by atoms with E-state index in [0.29, 0.717) is 13.1 Å². The number of aliphatic carboxylic acids is 1. The lowest BCUT2D eigenvalue weighted by molar-refractivity contribution is -0.142. The minimum absolute atomic E-state index is 0.271. The summed E-state index contributed by atoms with van der Waals surface area (Å²) in [6.45, 7) is 6.79. The van der Waals surface area contributed by atoms with Gasteiger partial charge in [-0.1, -0.05) is 20.8 Å². The summed E-state index contributed by atoms with van der Waals surface area (Å²) in [5, 5.41) is 11.7. The van der Waals surface area contributed by atoms with Gasteiger partial charge in [-0.2, -0.15) is 11.8 Å². The molecule has 0 aromatic carbocycles. The maximum atomic E-state index is 11.9. The average Bonchev–Trinajstić information content (AvgIpc) is 2.24. The first-order chi connectivity index (χ1) is 7.82. The van der Waals surface area contributed by atoms with Gasteiger partial charge in [-0.05, 0) is 5.41 Å². The Bertz CT molecular complexity index is 296. The van der Waals surface area contributed by atoms with E-state index in [1.165, 1.54) is 0 Å². The topological polar surface area (TPSA) is 69.6 Å². The van der Waals surface area contributed by atoms with E-state index in [9.17, 15) is 9.59 Å². The van der Waals surface area contributed by atoms with E-state index in [4.69, 9.17) is 5.11 Å². The van der Waals surface area contributed by atoms with E-state index in [-0.39, 0.29) is 6.03 Å². The molecule has 0 aromatic rings. The van der Waals surface area contributed by atoms with Gasteiger partial charge in [0.05, 0.1) is 0 Å². The van der Waals surface area contributed by atoms with Crippen LogP contribution in [-0.4, -0.2) is 52.6 Å². The molecule has 5 nitrogen and oxygen atoms in total. The number of carboxylic acid groups (broad SMARTS) is 1. The summed E-state index contributed by atoms with van der Waals surface area (Å²) < 4.78 is 0. The van der Waals surface area contributed by atoms with E-state index < -0.39 is 17.4 Å². The van der Waals surface area contributed by atoms with Gasteiger partial charge in [-0.25, -0.2) is 9.59 Å². The van der Waals surface area contributed by atoms with E-state index >= 15 is 0 Å². The van der Waals surface area contributed by atoms with Gasteiger partial charge in [0.15, 0.2) is 0 Å². The van der Waals surface area contributed by atoms with Gasteiger partial charge in [0.2, 0.25) is 0 Å². The molecule has 2 N–H and O–H groups in total. The lowest BCUT2D eigenvalue weighted by Gasteiger charge is -2.32. The molecule has 17 heavy (non-hydrogen) atoms. The van der Waals surface area contributed by atoms with E-state index in [2.05, 4.69) is 5.32 Å². The number of nitrogens with zero attached hydrogens (tertiary/aromatic N) is 1. The highest BCUT2D eigenvalue weighted by atomic mass is 32.2.